The van der Waals surface area contributed by atoms with Crippen LogP contribution in [0.15, 0.2) is 18.3 Å². The van der Waals surface area contributed by atoms with Crippen LogP contribution in [0, 0.1) is 0 Å². The van der Waals surface area contributed by atoms with Crippen molar-refractivity contribution in [3.63, 3.8) is 0 Å². The number of nitrogens with zero attached hydrogens (tertiary/aromatic N) is 6. The van der Waals surface area contributed by atoms with Gasteiger partial charge in [0.25, 0.3) is 0 Å². The molecule has 0 saturated carbocycles. The summed E-state index contributed by atoms with van der Waals surface area (Å²) in [6.45, 7) is 1.95. The van der Waals surface area contributed by atoms with Crippen LogP contribution in [-0.2, 0) is 0 Å². The van der Waals surface area contributed by atoms with Crippen LogP contribution in [-0.4, -0.2) is 63.5 Å². The fourth-order valence-electron chi connectivity index (χ4n) is 1.94. The zero-order valence-corrected chi connectivity index (χ0v) is 9.82. The molecule has 3 heterocycles. The molecule has 0 spiro atoms. The van der Waals surface area contributed by atoms with Crippen molar-refractivity contribution in [3.8, 4) is 0 Å². The van der Waals surface area contributed by atoms with Crippen LogP contribution in [0.5, 0.6) is 0 Å². The molecule has 2 aromatic heterocycles. The Balaban J connectivity index is 1.90. The summed E-state index contributed by atoms with van der Waals surface area (Å²) >= 11 is 0. The predicted molar refractivity (Wildman–Crippen MR) is 61.0 cm³/mol. The van der Waals surface area contributed by atoms with Crippen LogP contribution in [0.4, 0.5) is 0 Å². The van der Waals surface area contributed by atoms with Gasteiger partial charge in [-0.3, -0.25) is 9.80 Å². The monoisotopic (exact) mass is 234 g/mol. The largest absolute Gasteiger partial charge is 0.357 e. The highest BCUT2D eigenvalue weighted by Gasteiger charge is 2.29. The van der Waals surface area contributed by atoms with Crippen molar-refractivity contribution in [1.82, 2.24) is 29.9 Å². The summed E-state index contributed by atoms with van der Waals surface area (Å²) in [5.74, 6) is 0. The minimum atomic E-state index is -0.123. The van der Waals surface area contributed by atoms with Crippen molar-refractivity contribution < 1.29 is 4.84 Å². The van der Waals surface area contributed by atoms with Crippen molar-refractivity contribution in [2.45, 2.75) is 6.35 Å². The summed E-state index contributed by atoms with van der Waals surface area (Å²) in [6, 6.07) is 3.69. The van der Waals surface area contributed by atoms with Gasteiger partial charge < -0.3 is 4.84 Å². The van der Waals surface area contributed by atoms with Crippen LogP contribution < -0.4 is 4.84 Å². The number of aromatic nitrogens is 4. The summed E-state index contributed by atoms with van der Waals surface area (Å²) in [4.78, 5) is 15.6. The second kappa shape index (κ2) is 3.94. The Morgan fingerprint density at radius 2 is 2.06 bits per heavy atom. The summed E-state index contributed by atoms with van der Waals surface area (Å²) in [5.41, 5.74) is 1.37. The molecule has 0 aliphatic carbocycles. The Morgan fingerprint density at radius 1 is 1.29 bits per heavy atom. The first kappa shape index (κ1) is 10.4. The molecule has 0 amide bonds. The topological polar surface area (TPSA) is 59.3 Å². The van der Waals surface area contributed by atoms with Gasteiger partial charge in [0.15, 0.2) is 0 Å². The molecule has 17 heavy (non-hydrogen) atoms. The fraction of sp³-hybridized carbons (Fsp3) is 0.500. The maximum atomic E-state index is 5.79. The Bertz CT molecular complexity index is 516. The van der Waals surface area contributed by atoms with Gasteiger partial charge in [-0.15, -0.1) is 5.10 Å². The Hall–Kier alpha value is -1.73. The zero-order valence-electron chi connectivity index (χ0n) is 9.82. The van der Waals surface area contributed by atoms with Gasteiger partial charge in [0.05, 0.1) is 0 Å². The number of likely N-dealkylation sites (N-methyl/N-ethyl adjacent to an activating group) is 2. The quantitative estimate of drug-likeness (QED) is 0.692. The first-order chi connectivity index (χ1) is 8.25. The minimum absolute atomic E-state index is 0.123. The molecule has 0 unspecified atom stereocenters. The van der Waals surface area contributed by atoms with E-state index in [1.54, 1.807) is 6.20 Å². The second-order valence-electron chi connectivity index (χ2n) is 4.20. The van der Waals surface area contributed by atoms with E-state index >= 15 is 0 Å². The smallest absolute Gasteiger partial charge is 0.238 e. The van der Waals surface area contributed by atoms with E-state index in [1.807, 2.05) is 26.2 Å². The van der Waals surface area contributed by atoms with Gasteiger partial charge in [0.1, 0.15) is 5.52 Å². The van der Waals surface area contributed by atoms with Gasteiger partial charge in [-0.05, 0) is 31.4 Å². The normalized spacial score (nSPS) is 19.2. The summed E-state index contributed by atoms with van der Waals surface area (Å²) in [5, 5.41) is 7.96. The van der Waals surface area contributed by atoms with Crippen molar-refractivity contribution >= 4 is 11.2 Å². The average Bonchev–Trinajstić information content (AvgIpc) is 2.88. The van der Waals surface area contributed by atoms with Crippen LogP contribution >= 0.6 is 0 Å². The van der Waals surface area contributed by atoms with Crippen LogP contribution in [0.2, 0.25) is 0 Å². The number of pyridine rings is 1. The van der Waals surface area contributed by atoms with E-state index < -0.39 is 0 Å². The molecule has 7 nitrogen and oxygen atoms in total. The van der Waals surface area contributed by atoms with E-state index in [2.05, 4.69) is 25.1 Å². The number of rotatable bonds is 2. The Kier molecular flexibility index (Phi) is 2.41. The van der Waals surface area contributed by atoms with Crippen molar-refractivity contribution in [2.24, 2.45) is 0 Å². The van der Waals surface area contributed by atoms with E-state index in [9.17, 15) is 0 Å². The third kappa shape index (κ3) is 1.73. The van der Waals surface area contributed by atoms with E-state index in [1.165, 1.54) is 4.85 Å². The molecular weight excluding hydrogens is 220 g/mol. The number of hydrogen-bond donors (Lipinski definition) is 0. The lowest BCUT2D eigenvalue weighted by Gasteiger charge is -2.23. The van der Waals surface area contributed by atoms with E-state index in [-0.39, 0.29) is 6.35 Å². The Labute approximate surface area is 98.5 Å². The second-order valence-corrected chi connectivity index (χ2v) is 4.20. The molecular formula is C10H14N6O. The summed E-state index contributed by atoms with van der Waals surface area (Å²) in [7, 11) is 4.03. The molecule has 1 aliphatic rings. The highest BCUT2D eigenvalue weighted by Crippen LogP contribution is 2.11. The van der Waals surface area contributed by atoms with Crippen molar-refractivity contribution in [1.29, 1.82) is 0 Å². The predicted octanol–water partition coefficient (Wildman–Crippen LogP) is -0.584. The molecule has 0 N–H and O–H groups in total. The molecule has 2 aromatic rings. The van der Waals surface area contributed by atoms with E-state index in [0.29, 0.717) is 5.65 Å². The SMILES string of the molecule is CN1CCN(C)C1On1nnc2cccnc21. The zero-order chi connectivity index (χ0) is 11.8. The molecule has 1 saturated heterocycles. The van der Waals surface area contributed by atoms with Crippen molar-refractivity contribution in [2.75, 3.05) is 27.2 Å². The minimum Gasteiger partial charge on any atom is -0.357 e. The average molecular weight is 234 g/mol. The third-order valence-electron chi connectivity index (χ3n) is 2.93. The number of fused-ring (bicyclic) bond motifs is 1. The maximum absolute atomic E-state index is 5.79. The standard InChI is InChI=1S/C10H14N6O/c1-14-6-7-15(2)10(14)17-16-9-8(12-13-16)4-3-5-11-9/h3-5,10H,6-7H2,1-2H3. The molecule has 1 fully saturated rings. The van der Waals surface area contributed by atoms with Gasteiger partial charge in [-0.1, -0.05) is 4.85 Å². The molecule has 0 atom stereocenters. The lowest BCUT2D eigenvalue weighted by Crippen LogP contribution is -2.43. The van der Waals surface area contributed by atoms with Crippen LogP contribution in [0.1, 0.15) is 0 Å². The third-order valence-corrected chi connectivity index (χ3v) is 2.93. The molecule has 0 bridgehead atoms. The molecule has 90 valence electrons. The fourth-order valence-corrected chi connectivity index (χ4v) is 1.94. The summed E-state index contributed by atoms with van der Waals surface area (Å²) < 4.78 is 0. The molecule has 1 aliphatic heterocycles. The Morgan fingerprint density at radius 3 is 2.82 bits per heavy atom. The van der Waals surface area contributed by atoms with Gasteiger partial charge in [0.2, 0.25) is 12.0 Å². The first-order valence-corrected chi connectivity index (χ1v) is 5.50. The molecule has 3 rings (SSSR count). The summed E-state index contributed by atoms with van der Waals surface area (Å²) in [6.07, 6.45) is 1.58. The highest BCUT2D eigenvalue weighted by atomic mass is 16.7. The van der Waals surface area contributed by atoms with Gasteiger partial charge in [-0.2, -0.15) is 0 Å². The van der Waals surface area contributed by atoms with Gasteiger partial charge in [-0.25, -0.2) is 4.98 Å². The highest BCUT2D eigenvalue weighted by molar-refractivity contribution is 5.68. The molecule has 0 aromatic carbocycles. The van der Waals surface area contributed by atoms with E-state index in [0.717, 1.165) is 18.6 Å². The number of hydrogen-bond acceptors (Lipinski definition) is 6. The van der Waals surface area contributed by atoms with Gasteiger partial charge >= 0.3 is 0 Å². The van der Waals surface area contributed by atoms with Crippen molar-refractivity contribution in [3.05, 3.63) is 18.3 Å². The maximum Gasteiger partial charge on any atom is 0.238 e. The van der Waals surface area contributed by atoms with E-state index in [4.69, 9.17) is 4.84 Å². The van der Waals surface area contributed by atoms with Crippen LogP contribution in [0.3, 0.4) is 0 Å². The van der Waals surface area contributed by atoms with Gasteiger partial charge in [0, 0.05) is 19.3 Å². The lowest BCUT2D eigenvalue weighted by molar-refractivity contribution is -0.108. The first-order valence-electron chi connectivity index (χ1n) is 5.50. The van der Waals surface area contributed by atoms with Crippen LogP contribution in [0.25, 0.3) is 11.2 Å². The molecule has 7 heteroatoms. The molecule has 0 radical (unpaired) electrons. The lowest BCUT2D eigenvalue weighted by atomic mass is 10.4.